The second kappa shape index (κ2) is 15.1. The molecular weight excluding hydrogens is 384 g/mol. The monoisotopic (exact) mass is 424 g/mol. The van der Waals surface area contributed by atoms with Crippen LogP contribution in [0.15, 0.2) is 12.1 Å². The number of aromatic hydroxyl groups is 3. The van der Waals surface area contributed by atoms with E-state index in [9.17, 15) is 30.3 Å². The summed E-state index contributed by atoms with van der Waals surface area (Å²) in [7, 11) is 0. The normalized spacial score (nSPS) is 13.3. The van der Waals surface area contributed by atoms with Crippen molar-refractivity contribution in [3.63, 3.8) is 0 Å². The Morgan fingerprint density at radius 2 is 1.30 bits per heavy atom. The van der Waals surface area contributed by atoms with E-state index in [-0.39, 0.29) is 41.1 Å². The smallest absolute Gasteiger partial charge is 0.137 e. The number of ketones is 1. The molecule has 6 heteroatoms. The molecule has 0 spiro atoms. The summed E-state index contributed by atoms with van der Waals surface area (Å²) >= 11 is 0. The van der Waals surface area contributed by atoms with Crippen molar-refractivity contribution in [1.82, 2.24) is 0 Å². The van der Waals surface area contributed by atoms with Crippen LogP contribution in [0.25, 0.3) is 0 Å². The van der Waals surface area contributed by atoms with Crippen LogP contribution in [0, 0.1) is 0 Å². The van der Waals surface area contributed by atoms with Crippen molar-refractivity contribution in [2.45, 2.75) is 109 Å². The number of carbonyl (C=O) groups is 1. The van der Waals surface area contributed by atoms with Crippen LogP contribution in [0.2, 0.25) is 0 Å². The van der Waals surface area contributed by atoms with E-state index in [4.69, 9.17) is 0 Å². The van der Waals surface area contributed by atoms with Crippen LogP contribution < -0.4 is 0 Å². The first-order chi connectivity index (χ1) is 14.3. The van der Waals surface area contributed by atoms with Crippen molar-refractivity contribution in [2.75, 3.05) is 0 Å². The minimum absolute atomic E-state index is 0.0343. The first kappa shape index (κ1) is 26.2. The van der Waals surface area contributed by atoms with Crippen molar-refractivity contribution >= 4 is 5.78 Å². The van der Waals surface area contributed by atoms with Crippen LogP contribution in [0.5, 0.6) is 17.2 Å². The molecule has 0 radical (unpaired) electrons. The fourth-order valence-corrected chi connectivity index (χ4v) is 3.67. The summed E-state index contributed by atoms with van der Waals surface area (Å²) in [6.07, 6.45) is 10.7. The molecular formula is C24H40O6. The van der Waals surface area contributed by atoms with E-state index in [1.807, 2.05) is 0 Å². The van der Waals surface area contributed by atoms with Gasteiger partial charge in [0.2, 0.25) is 0 Å². The summed E-state index contributed by atoms with van der Waals surface area (Å²) in [4.78, 5) is 12.0. The van der Waals surface area contributed by atoms with E-state index in [0.29, 0.717) is 12.8 Å². The van der Waals surface area contributed by atoms with Gasteiger partial charge in [0, 0.05) is 30.5 Å². The van der Waals surface area contributed by atoms with E-state index >= 15 is 0 Å². The SMILES string of the molecule is CCCCC(O)CC(O)CCCCCCCCCC(=O)Cc1c(O)cc(O)cc1O. The number of carbonyl (C=O) groups excluding carboxylic acids is 1. The van der Waals surface area contributed by atoms with E-state index in [0.717, 1.165) is 82.8 Å². The Morgan fingerprint density at radius 1 is 0.800 bits per heavy atom. The molecule has 1 aromatic rings. The highest BCUT2D eigenvalue weighted by Crippen LogP contribution is 2.32. The van der Waals surface area contributed by atoms with Crippen molar-refractivity contribution in [3.05, 3.63) is 17.7 Å². The molecule has 2 atom stereocenters. The number of aliphatic hydroxyl groups is 2. The first-order valence-electron chi connectivity index (χ1n) is 11.4. The lowest BCUT2D eigenvalue weighted by molar-refractivity contribution is -0.118. The van der Waals surface area contributed by atoms with Crippen molar-refractivity contribution < 1.29 is 30.3 Å². The van der Waals surface area contributed by atoms with Gasteiger partial charge in [-0.15, -0.1) is 0 Å². The zero-order chi connectivity index (χ0) is 22.4. The van der Waals surface area contributed by atoms with Crippen molar-refractivity contribution in [2.24, 2.45) is 0 Å². The Hall–Kier alpha value is -1.79. The molecule has 1 aromatic carbocycles. The minimum atomic E-state index is -0.407. The van der Waals surface area contributed by atoms with Crippen LogP contribution in [-0.4, -0.2) is 43.5 Å². The molecule has 0 aliphatic carbocycles. The number of phenolic OH excluding ortho intramolecular Hbond substituents is 3. The second-order valence-electron chi connectivity index (χ2n) is 8.38. The van der Waals surface area contributed by atoms with Gasteiger partial charge in [-0.1, -0.05) is 58.3 Å². The molecule has 0 bridgehead atoms. The third kappa shape index (κ3) is 11.4. The van der Waals surface area contributed by atoms with Crippen LogP contribution in [-0.2, 0) is 11.2 Å². The Labute approximate surface area is 180 Å². The number of aliphatic hydroxyl groups excluding tert-OH is 2. The van der Waals surface area contributed by atoms with Gasteiger partial charge >= 0.3 is 0 Å². The average molecular weight is 425 g/mol. The van der Waals surface area contributed by atoms with Crippen molar-refractivity contribution in [1.29, 1.82) is 0 Å². The quantitative estimate of drug-likeness (QED) is 0.231. The molecule has 0 fully saturated rings. The van der Waals surface area contributed by atoms with Gasteiger partial charge in [0.25, 0.3) is 0 Å². The van der Waals surface area contributed by atoms with Gasteiger partial charge in [-0.2, -0.15) is 0 Å². The number of rotatable bonds is 17. The van der Waals surface area contributed by atoms with Gasteiger partial charge in [-0.25, -0.2) is 0 Å². The maximum atomic E-state index is 12.0. The van der Waals surface area contributed by atoms with Crippen LogP contribution >= 0.6 is 0 Å². The number of unbranched alkanes of at least 4 members (excludes halogenated alkanes) is 7. The van der Waals surface area contributed by atoms with Crippen LogP contribution in [0.4, 0.5) is 0 Å². The van der Waals surface area contributed by atoms with E-state index in [1.165, 1.54) is 0 Å². The molecule has 30 heavy (non-hydrogen) atoms. The summed E-state index contributed by atoms with van der Waals surface area (Å²) < 4.78 is 0. The predicted molar refractivity (Wildman–Crippen MR) is 118 cm³/mol. The maximum absolute atomic E-state index is 12.0. The molecule has 172 valence electrons. The fraction of sp³-hybridized carbons (Fsp3) is 0.708. The molecule has 0 aromatic heterocycles. The van der Waals surface area contributed by atoms with Gasteiger partial charge in [0.05, 0.1) is 12.2 Å². The summed E-state index contributed by atoms with van der Waals surface area (Å²) in [6, 6.07) is 2.24. The second-order valence-corrected chi connectivity index (χ2v) is 8.38. The molecule has 0 saturated heterocycles. The third-order valence-corrected chi connectivity index (χ3v) is 5.49. The molecule has 0 heterocycles. The number of hydrogen-bond acceptors (Lipinski definition) is 6. The molecule has 2 unspecified atom stereocenters. The van der Waals surface area contributed by atoms with Gasteiger partial charge in [0.15, 0.2) is 0 Å². The first-order valence-corrected chi connectivity index (χ1v) is 11.4. The number of Topliss-reactive ketones (excluding diaryl/α,β-unsaturated/α-hetero) is 1. The zero-order valence-electron chi connectivity index (χ0n) is 18.4. The molecule has 0 aliphatic rings. The highest BCUT2D eigenvalue weighted by atomic mass is 16.3. The minimum Gasteiger partial charge on any atom is -0.508 e. The average Bonchev–Trinajstić information content (AvgIpc) is 2.67. The third-order valence-electron chi connectivity index (χ3n) is 5.49. The summed E-state index contributed by atoms with van der Waals surface area (Å²) in [5, 5.41) is 48.6. The Bertz CT molecular complexity index is 593. The van der Waals surface area contributed by atoms with Crippen LogP contribution in [0.3, 0.4) is 0 Å². The lowest BCUT2D eigenvalue weighted by Crippen LogP contribution is -2.17. The number of hydrogen-bond donors (Lipinski definition) is 5. The van der Waals surface area contributed by atoms with Crippen LogP contribution in [0.1, 0.15) is 96.0 Å². The number of benzene rings is 1. The lowest BCUT2D eigenvalue weighted by atomic mass is 10.00. The summed E-state index contributed by atoms with van der Waals surface area (Å²) in [5.74, 6) is -0.801. The highest BCUT2D eigenvalue weighted by molar-refractivity contribution is 5.82. The fourth-order valence-electron chi connectivity index (χ4n) is 3.67. The van der Waals surface area contributed by atoms with Gasteiger partial charge in [-0.3, -0.25) is 4.79 Å². The standard InChI is InChI=1S/C24H40O6/c1-2-3-11-18(25)14-19(26)12-9-7-5-4-6-8-10-13-20(27)15-22-23(29)16-21(28)17-24(22)30/h16-19,25-26,28-30H,2-15H2,1H3. The Morgan fingerprint density at radius 3 is 1.87 bits per heavy atom. The molecule has 1 rings (SSSR count). The van der Waals surface area contributed by atoms with E-state index in [2.05, 4.69) is 6.92 Å². The Balaban J connectivity index is 2.03. The Kier molecular flexibility index (Phi) is 13.2. The molecule has 0 saturated carbocycles. The molecule has 0 amide bonds. The molecule has 6 nitrogen and oxygen atoms in total. The molecule has 5 N–H and O–H groups in total. The van der Waals surface area contributed by atoms with Gasteiger partial charge in [0.1, 0.15) is 23.0 Å². The maximum Gasteiger partial charge on any atom is 0.137 e. The molecule has 0 aliphatic heterocycles. The number of phenols is 3. The lowest BCUT2D eigenvalue weighted by Gasteiger charge is -2.15. The predicted octanol–water partition coefficient (Wildman–Crippen LogP) is 4.73. The zero-order valence-corrected chi connectivity index (χ0v) is 18.4. The van der Waals surface area contributed by atoms with Crippen molar-refractivity contribution in [3.8, 4) is 17.2 Å². The topological polar surface area (TPSA) is 118 Å². The van der Waals surface area contributed by atoms with Gasteiger partial charge in [-0.05, 0) is 25.7 Å². The summed E-state index contributed by atoms with van der Waals surface area (Å²) in [5.41, 5.74) is 0.165. The summed E-state index contributed by atoms with van der Waals surface area (Å²) in [6.45, 7) is 2.09. The largest absolute Gasteiger partial charge is 0.508 e. The van der Waals surface area contributed by atoms with E-state index < -0.39 is 6.10 Å². The highest BCUT2D eigenvalue weighted by Gasteiger charge is 2.14. The van der Waals surface area contributed by atoms with E-state index in [1.54, 1.807) is 0 Å². The van der Waals surface area contributed by atoms with Gasteiger partial charge < -0.3 is 25.5 Å².